The molecule has 0 saturated carbocycles. The summed E-state index contributed by atoms with van der Waals surface area (Å²) < 4.78 is 10.7. The monoisotopic (exact) mass is 378 g/mol. The van der Waals surface area contributed by atoms with E-state index in [-0.39, 0.29) is 30.6 Å². The first-order valence-corrected chi connectivity index (χ1v) is 8.19. The fourth-order valence-corrected chi connectivity index (χ4v) is 3.66. The Balaban J connectivity index is 0.00000144. The number of phenolic OH excluding ortho intramolecular Hbond substituents is 1. The van der Waals surface area contributed by atoms with Crippen LogP contribution in [0.25, 0.3) is 0 Å². The van der Waals surface area contributed by atoms with Crippen molar-refractivity contribution >= 4 is 24.8 Å². The van der Waals surface area contributed by atoms with Gasteiger partial charge in [0.1, 0.15) is 0 Å². The number of nitrogens with zero attached hydrogens (tertiary/aromatic N) is 1. The summed E-state index contributed by atoms with van der Waals surface area (Å²) in [6.07, 6.45) is 2.17. The minimum Gasteiger partial charge on any atom is -0.504 e. The van der Waals surface area contributed by atoms with Gasteiger partial charge in [-0.3, -0.25) is 4.90 Å². The molecule has 0 aliphatic carbocycles. The molecule has 2 fully saturated rings. The van der Waals surface area contributed by atoms with Gasteiger partial charge in [-0.1, -0.05) is 6.07 Å². The molecule has 0 bridgehead atoms. The zero-order chi connectivity index (χ0) is 15.4. The summed E-state index contributed by atoms with van der Waals surface area (Å²) in [4.78, 5) is 2.55. The highest BCUT2D eigenvalue weighted by Gasteiger charge is 2.31. The normalized spacial score (nSPS) is 20.5. The molecule has 7 heteroatoms. The minimum atomic E-state index is 0. The lowest BCUT2D eigenvalue weighted by atomic mass is 9.85. The van der Waals surface area contributed by atoms with E-state index in [0.29, 0.717) is 17.7 Å². The van der Waals surface area contributed by atoms with Gasteiger partial charge in [0.25, 0.3) is 0 Å². The predicted octanol–water partition coefficient (Wildman–Crippen LogP) is 2.62. The van der Waals surface area contributed by atoms with Gasteiger partial charge in [-0.15, -0.1) is 24.8 Å². The van der Waals surface area contributed by atoms with Crippen LogP contribution in [0.3, 0.4) is 0 Å². The van der Waals surface area contributed by atoms with Crippen molar-refractivity contribution in [1.29, 1.82) is 0 Å². The summed E-state index contributed by atoms with van der Waals surface area (Å²) in [7, 11) is 1.58. The molecule has 0 aromatic heterocycles. The smallest absolute Gasteiger partial charge is 0.160 e. The Morgan fingerprint density at radius 2 is 1.88 bits per heavy atom. The van der Waals surface area contributed by atoms with E-state index < -0.39 is 0 Å². The molecule has 2 aliphatic heterocycles. The first kappa shape index (κ1) is 21.3. The Bertz CT molecular complexity index is 475. The average Bonchev–Trinajstić information content (AvgIpc) is 2.57. The summed E-state index contributed by atoms with van der Waals surface area (Å²) in [6.45, 7) is 5.85. The topological polar surface area (TPSA) is 54.0 Å². The zero-order valence-corrected chi connectivity index (χ0v) is 15.7. The molecule has 0 spiro atoms. The van der Waals surface area contributed by atoms with Crippen molar-refractivity contribution in [3.63, 3.8) is 0 Å². The Hall–Kier alpha value is -0.720. The minimum absolute atomic E-state index is 0. The van der Waals surface area contributed by atoms with Gasteiger partial charge in [0.15, 0.2) is 11.5 Å². The number of ether oxygens (including phenoxy) is 2. The van der Waals surface area contributed by atoms with E-state index in [0.717, 1.165) is 52.2 Å². The van der Waals surface area contributed by atoms with Crippen LogP contribution in [0.5, 0.6) is 11.5 Å². The lowest BCUT2D eigenvalue weighted by Gasteiger charge is -2.41. The lowest BCUT2D eigenvalue weighted by Crippen LogP contribution is -2.47. The second-order valence-corrected chi connectivity index (χ2v) is 6.11. The second kappa shape index (κ2) is 10.3. The molecule has 0 amide bonds. The predicted molar refractivity (Wildman–Crippen MR) is 99.9 cm³/mol. The van der Waals surface area contributed by atoms with Gasteiger partial charge in [0.2, 0.25) is 0 Å². The third kappa shape index (κ3) is 4.90. The van der Waals surface area contributed by atoms with Crippen LogP contribution in [0, 0.1) is 5.92 Å². The molecule has 1 atom stereocenters. The largest absolute Gasteiger partial charge is 0.504 e. The number of aromatic hydroxyl groups is 1. The van der Waals surface area contributed by atoms with E-state index >= 15 is 0 Å². The van der Waals surface area contributed by atoms with E-state index in [1.807, 2.05) is 12.1 Å². The van der Waals surface area contributed by atoms with Crippen LogP contribution in [-0.2, 0) is 4.74 Å². The fraction of sp³-hybridized carbons (Fsp3) is 0.647. The highest BCUT2D eigenvalue weighted by atomic mass is 35.5. The van der Waals surface area contributed by atoms with Crippen molar-refractivity contribution in [2.45, 2.75) is 18.9 Å². The number of hydrogen-bond donors (Lipinski definition) is 2. The molecule has 24 heavy (non-hydrogen) atoms. The number of phenols is 1. The second-order valence-electron chi connectivity index (χ2n) is 6.11. The molecule has 2 saturated heterocycles. The van der Waals surface area contributed by atoms with Crippen LogP contribution in [0.2, 0.25) is 0 Å². The Kier molecular flexibility index (Phi) is 9.16. The van der Waals surface area contributed by atoms with Gasteiger partial charge in [0, 0.05) is 45.4 Å². The van der Waals surface area contributed by atoms with Crippen molar-refractivity contribution in [3.05, 3.63) is 23.8 Å². The van der Waals surface area contributed by atoms with E-state index in [1.54, 1.807) is 7.11 Å². The number of nitrogens with one attached hydrogen (secondary N) is 1. The van der Waals surface area contributed by atoms with Gasteiger partial charge in [-0.2, -0.15) is 0 Å². The van der Waals surface area contributed by atoms with E-state index in [1.165, 1.54) is 5.56 Å². The molecule has 1 aromatic carbocycles. The standard InChI is InChI=1S/C17H26N2O3.2ClH/c1-21-16-3-2-14(12-15(16)20)17(13-4-10-22-11-5-13)19-8-6-18-7-9-19;;/h2-3,12-13,17-18,20H,4-11H2,1H3;2*1H/t17-;;/m1../s1. The Morgan fingerprint density at radius 3 is 2.46 bits per heavy atom. The number of benzene rings is 1. The molecule has 2 N–H and O–H groups in total. The Morgan fingerprint density at radius 1 is 1.21 bits per heavy atom. The maximum atomic E-state index is 10.2. The van der Waals surface area contributed by atoms with Crippen molar-refractivity contribution < 1.29 is 14.6 Å². The Labute approximate surface area is 156 Å². The number of methoxy groups -OCH3 is 1. The van der Waals surface area contributed by atoms with Crippen molar-refractivity contribution in [1.82, 2.24) is 10.2 Å². The fourth-order valence-electron chi connectivity index (χ4n) is 3.66. The van der Waals surface area contributed by atoms with Crippen molar-refractivity contribution in [2.75, 3.05) is 46.5 Å². The molecule has 1 aromatic rings. The van der Waals surface area contributed by atoms with Crippen LogP contribution in [0.1, 0.15) is 24.4 Å². The number of rotatable bonds is 4. The van der Waals surface area contributed by atoms with Crippen LogP contribution < -0.4 is 10.1 Å². The van der Waals surface area contributed by atoms with E-state index in [4.69, 9.17) is 9.47 Å². The average molecular weight is 379 g/mol. The molecule has 138 valence electrons. The van der Waals surface area contributed by atoms with Crippen molar-refractivity contribution in [2.24, 2.45) is 5.92 Å². The summed E-state index contributed by atoms with van der Waals surface area (Å²) in [5.41, 5.74) is 1.19. The van der Waals surface area contributed by atoms with Crippen LogP contribution >= 0.6 is 24.8 Å². The molecule has 0 unspecified atom stereocenters. The molecular formula is C17H28Cl2N2O3. The summed E-state index contributed by atoms with van der Waals surface area (Å²) in [6, 6.07) is 6.20. The van der Waals surface area contributed by atoms with Gasteiger partial charge >= 0.3 is 0 Å². The maximum absolute atomic E-state index is 10.2. The van der Waals surface area contributed by atoms with Gasteiger partial charge in [-0.25, -0.2) is 0 Å². The maximum Gasteiger partial charge on any atom is 0.160 e. The van der Waals surface area contributed by atoms with Crippen LogP contribution in [0.15, 0.2) is 18.2 Å². The molecule has 2 aliphatic rings. The first-order chi connectivity index (χ1) is 10.8. The molecule has 3 rings (SSSR count). The number of halogens is 2. The zero-order valence-electron chi connectivity index (χ0n) is 14.1. The quantitative estimate of drug-likeness (QED) is 0.843. The number of piperazine rings is 1. The SMILES string of the molecule is COc1ccc([C@@H](C2CCOCC2)N2CCNCC2)cc1O.Cl.Cl. The molecule has 0 radical (unpaired) electrons. The molecular weight excluding hydrogens is 351 g/mol. The molecule has 2 heterocycles. The van der Waals surface area contributed by atoms with Crippen molar-refractivity contribution in [3.8, 4) is 11.5 Å². The van der Waals surface area contributed by atoms with Gasteiger partial charge < -0.3 is 19.9 Å². The van der Waals surface area contributed by atoms with E-state index in [2.05, 4.69) is 16.3 Å². The van der Waals surface area contributed by atoms with Gasteiger partial charge in [0.05, 0.1) is 7.11 Å². The summed E-state index contributed by atoms with van der Waals surface area (Å²) in [5, 5.41) is 13.6. The van der Waals surface area contributed by atoms with Crippen LogP contribution in [0.4, 0.5) is 0 Å². The molecule has 5 nitrogen and oxygen atoms in total. The third-order valence-corrected chi connectivity index (χ3v) is 4.80. The van der Waals surface area contributed by atoms with E-state index in [9.17, 15) is 5.11 Å². The first-order valence-electron chi connectivity index (χ1n) is 8.19. The highest BCUT2D eigenvalue weighted by Crippen LogP contribution is 2.38. The highest BCUT2D eigenvalue weighted by molar-refractivity contribution is 5.85. The summed E-state index contributed by atoms with van der Waals surface area (Å²) in [5.74, 6) is 1.35. The summed E-state index contributed by atoms with van der Waals surface area (Å²) >= 11 is 0. The van der Waals surface area contributed by atoms with Crippen LogP contribution in [-0.4, -0.2) is 56.5 Å². The number of hydrogen-bond acceptors (Lipinski definition) is 5. The third-order valence-electron chi connectivity index (χ3n) is 4.80. The van der Waals surface area contributed by atoms with Gasteiger partial charge in [-0.05, 0) is 36.5 Å². The lowest BCUT2D eigenvalue weighted by molar-refractivity contribution is 0.0212.